The van der Waals surface area contributed by atoms with Gasteiger partial charge in [-0.05, 0) is 63.6 Å². The molecule has 1 aromatic carbocycles. The van der Waals surface area contributed by atoms with Crippen LogP contribution in [-0.4, -0.2) is 50.0 Å². The highest BCUT2D eigenvalue weighted by Gasteiger charge is 2.31. The minimum absolute atomic E-state index is 0.0574. The third-order valence-corrected chi connectivity index (χ3v) is 5.03. The third kappa shape index (κ3) is 4.05. The van der Waals surface area contributed by atoms with Crippen LogP contribution in [0.15, 0.2) is 35.7 Å². The molecule has 0 radical (unpaired) electrons. The molecule has 6 nitrogen and oxygen atoms in total. The lowest BCUT2D eigenvalue weighted by Crippen LogP contribution is -2.45. The highest BCUT2D eigenvalue weighted by atomic mass is 32.1. The Morgan fingerprint density at radius 3 is 2.85 bits per heavy atom. The molecule has 3 rings (SSSR count). The Labute approximate surface area is 157 Å². The van der Waals surface area contributed by atoms with E-state index in [-0.39, 0.29) is 11.8 Å². The Kier molecular flexibility index (Phi) is 5.58. The van der Waals surface area contributed by atoms with Crippen LogP contribution >= 0.6 is 11.3 Å². The highest BCUT2D eigenvalue weighted by molar-refractivity contribution is 7.12. The first-order valence-electron chi connectivity index (χ1n) is 8.57. The molecule has 0 bridgehead atoms. The number of rotatable bonds is 6. The zero-order chi connectivity index (χ0) is 18.7. The molecule has 1 atom stereocenters. The van der Waals surface area contributed by atoms with Crippen molar-refractivity contribution in [3.8, 4) is 5.75 Å². The van der Waals surface area contributed by atoms with Gasteiger partial charge in [-0.1, -0.05) is 6.07 Å². The zero-order valence-corrected chi connectivity index (χ0v) is 16.0. The molecular weight excluding hydrogens is 350 g/mol. The fraction of sp³-hybridized carbons (Fsp3) is 0.368. The standard InChI is InChI=1S/C19H23N3O3S/c1-13-19(24)22(10-5-9-21(2)3)15-12-14(7-8-16(15)25-13)20-18(23)17-6-4-11-26-17/h4,6-8,11-13H,5,9-10H2,1-3H3,(H,20,23). The number of nitrogens with zero attached hydrogens (tertiary/aromatic N) is 2. The normalized spacial score (nSPS) is 16.4. The number of benzene rings is 1. The number of carbonyl (C=O) groups is 2. The quantitative estimate of drug-likeness (QED) is 0.845. The number of ether oxygens (including phenoxy) is 1. The fourth-order valence-corrected chi connectivity index (χ4v) is 3.48. The molecule has 1 N–H and O–H groups in total. The van der Waals surface area contributed by atoms with E-state index >= 15 is 0 Å². The van der Waals surface area contributed by atoms with E-state index in [4.69, 9.17) is 4.74 Å². The minimum Gasteiger partial charge on any atom is -0.479 e. The number of anilines is 2. The van der Waals surface area contributed by atoms with Gasteiger partial charge in [-0.15, -0.1) is 11.3 Å². The van der Waals surface area contributed by atoms with Gasteiger partial charge in [0, 0.05) is 12.2 Å². The molecule has 7 heteroatoms. The molecule has 1 aliphatic heterocycles. The van der Waals surface area contributed by atoms with Gasteiger partial charge >= 0.3 is 0 Å². The van der Waals surface area contributed by atoms with Crippen LogP contribution in [0.2, 0.25) is 0 Å². The molecule has 2 aromatic rings. The molecular formula is C19H23N3O3S. The predicted octanol–water partition coefficient (Wildman–Crippen LogP) is 3.07. The molecule has 26 heavy (non-hydrogen) atoms. The van der Waals surface area contributed by atoms with Crippen molar-refractivity contribution in [2.45, 2.75) is 19.4 Å². The summed E-state index contributed by atoms with van der Waals surface area (Å²) in [7, 11) is 4.02. The molecule has 1 aromatic heterocycles. The maximum atomic E-state index is 12.6. The van der Waals surface area contributed by atoms with Crippen LogP contribution in [-0.2, 0) is 4.79 Å². The summed E-state index contributed by atoms with van der Waals surface area (Å²) in [6.07, 6.45) is 0.352. The van der Waals surface area contributed by atoms with Crippen LogP contribution in [0.5, 0.6) is 5.75 Å². The average Bonchev–Trinajstić information content (AvgIpc) is 3.13. The molecule has 0 spiro atoms. The molecule has 0 saturated heterocycles. The van der Waals surface area contributed by atoms with E-state index in [9.17, 15) is 9.59 Å². The number of amides is 2. The second-order valence-corrected chi connectivity index (χ2v) is 7.47. The number of nitrogens with one attached hydrogen (secondary N) is 1. The topological polar surface area (TPSA) is 61.9 Å². The first kappa shape index (κ1) is 18.4. The second kappa shape index (κ2) is 7.88. The SMILES string of the molecule is CC1Oc2ccc(NC(=O)c3cccs3)cc2N(CCCN(C)C)C1=O. The van der Waals surface area contributed by atoms with Gasteiger partial charge in [0.1, 0.15) is 5.75 Å². The van der Waals surface area contributed by atoms with Crippen LogP contribution in [0, 0.1) is 0 Å². The van der Waals surface area contributed by atoms with Crippen LogP contribution in [0.25, 0.3) is 0 Å². The van der Waals surface area contributed by atoms with Crippen molar-refractivity contribution >= 4 is 34.5 Å². The van der Waals surface area contributed by atoms with Gasteiger partial charge in [0.05, 0.1) is 10.6 Å². The average molecular weight is 373 g/mol. The summed E-state index contributed by atoms with van der Waals surface area (Å²) in [5.41, 5.74) is 1.35. The molecule has 2 amide bonds. The van der Waals surface area contributed by atoms with Crippen LogP contribution in [0.1, 0.15) is 23.0 Å². The number of hydrogen-bond donors (Lipinski definition) is 1. The van der Waals surface area contributed by atoms with Gasteiger partial charge in [-0.25, -0.2) is 0 Å². The number of fused-ring (bicyclic) bond motifs is 1. The first-order valence-corrected chi connectivity index (χ1v) is 9.45. The third-order valence-electron chi connectivity index (χ3n) is 4.16. The van der Waals surface area contributed by atoms with E-state index < -0.39 is 6.10 Å². The van der Waals surface area contributed by atoms with Crippen molar-refractivity contribution in [2.75, 3.05) is 37.4 Å². The largest absolute Gasteiger partial charge is 0.479 e. The highest BCUT2D eigenvalue weighted by Crippen LogP contribution is 2.36. The smallest absolute Gasteiger partial charge is 0.267 e. The van der Waals surface area contributed by atoms with Gasteiger partial charge in [0.2, 0.25) is 0 Å². The zero-order valence-electron chi connectivity index (χ0n) is 15.2. The summed E-state index contributed by atoms with van der Waals surface area (Å²) in [5, 5.41) is 4.75. The lowest BCUT2D eigenvalue weighted by atomic mass is 10.1. The summed E-state index contributed by atoms with van der Waals surface area (Å²) in [4.78, 5) is 29.3. The van der Waals surface area contributed by atoms with Gasteiger partial charge in [0.15, 0.2) is 6.10 Å². The maximum Gasteiger partial charge on any atom is 0.267 e. The van der Waals surface area contributed by atoms with Crippen molar-refractivity contribution in [3.63, 3.8) is 0 Å². The summed E-state index contributed by atoms with van der Waals surface area (Å²) in [5.74, 6) is 0.449. The molecule has 0 aliphatic carbocycles. The van der Waals surface area contributed by atoms with Gasteiger partial charge in [-0.3, -0.25) is 9.59 Å². The van der Waals surface area contributed by atoms with Gasteiger partial charge in [-0.2, -0.15) is 0 Å². The molecule has 1 unspecified atom stereocenters. The Hall–Kier alpha value is -2.38. The second-order valence-electron chi connectivity index (χ2n) is 6.52. The van der Waals surface area contributed by atoms with Crippen LogP contribution in [0.3, 0.4) is 0 Å². The van der Waals surface area contributed by atoms with E-state index in [1.165, 1.54) is 11.3 Å². The van der Waals surface area contributed by atoms with Crippen molar-refractivity contribution in [1.29, 1.82) is 0 Å². The summed E-state index contributed by atoms with van der Waals surface area (Å²) >= 11 is 1.39. The predicted molar refractivity (Wildman–Crippen MR) is 104 cm³/mol. The number of hydrogen-bond acceptors (Lipinski definition) is 5. The number of thiophene rings is 1. The van der Waals surface area contributed by atoms with E-state index in [1.54, 1.807) is 36.1 Å². The summed E-state index contributed by atoms with van der Waals surface area (Å²) < 4.78 is 5.72. The Morgan fingerprint density at radius 2 is 2.15 bits per heavy atom. The van der Waals surface area contributed by atoms with Gasteiger partial charge < -0.3 is 19.9 Å². The Morgan fingerprint density at radius 1 is 1.35 bits per heavy atom. The molecule has 1 aliphatic rings. The molecule has 2 heterocycles. The maximum absolute atomic E-state index is 12.6. The molecule has 138 valence electrons. The first-order chi connectivity index (χ1) is 12.5. The lowest BCUT2D eigenvalue weighted by Gasteiger charge is -2.33. The van der Waals surface area contributed by atoms with Crippen molar-refractivity contribution in [1.82, 2.24) is 4.90 Å². The Balaban J connectivity index is 1.81. The summed E-state index contributed by atoms with van der Waals surface area (Å²) in [6, 6.07) is 9.03. The van der Waals surface area contributed by atoms with Crippen LogP contribution < -0.4 is 15.0 Å². The van der Waals surface area contributed by atoms with Crippen LogP contribution in [0.4, 0.5) is 11.4 Å². The lowest BCUT2D eigenvalue weighted by molar-refractivity contribution is -0.125. The number of carbonyl (C=O) groups excluding carboxylic acids is 2. The van der Waals surface area contributed by atoms with E-state index in [2.05, 4.69) is 10.2 Å². The van der Waals surface area contributed by atoms with E-state index in [0.717, 1.165) is 13.0 Å². The van der Waals surface area contributed by atoms with Crippen molar-refractivity contribution < 1.29 is 14.3 Å². The van der Waals surface area contributed by atoms with E-state index in [1.807, 2.05) is 25.5 Å². The van der Waals surface area contributed by atoms with E-state index in [0.29, 0.717) is 28.5 Å². The fourth-order valence-electron chi connectivity index (χ4n) is 2.86. The van der Waals surface area contributed by atoms with Crippen molar-refractivity contribution in [3.05, 3.63) is 40.6 Å². The van der Waals surface area contributed by atoms with Gasteiger partial charge in [0.25, 0.3) is 11.8 Å². The monoisotopic (exact) mass is 373 g/mol. The molecule has 0 fully saturated rings. The Bertz CT molecular complexity index is 789. The molecule has 0 saturated carbocycles. The van der Waals surface area contributed by atoms with Crippen molar-refractivity contribution in [2.24, 2.45) is 0 Å². The summed E-state index contributed by atoms with van der Waals surface area (Å²) in [6.45, 7) is 3.26. The minimum atomic E-state index is -0.506.